The zero-order valence-corrected chi connectivity index (χ0v) is 36.5. The van der Waals surface area contributed by atoms with Gasteiger partial charge in [0, 0.05) is 0 Å². The Kier molecular flexibility index (Phi) is 9.79. The summed E-state index contributed by atoms with van der Waals surface area (Å²) in [5.41, 5.74) is 14.2. The standard InChI is InChI=1S/C23H29.C17H23.C6H5.CH2.2ClH.Zr/c1-14-9-16-11-17-10-15(2)21(23(6,7)8)13-19(17)18(16)12-20(14)22(3,4)5;1-11-3-4-14(5-11)17(2)15-7-12-6-13(9-15)10-16(17)8-12;1-2-4-6-5-3-1;;;;/h9,12-13H,11H2,1-8H3;4-5,11-13,15-16H,6-10H2,1-2H3;1-5H;1H2;2*1H;. The van der Waals surface area contributed by atoms with Gasteiger partial charge in [-0.2, -0.15) is 0 Å². The molecule has 9 rings (SSSR count). The molecule has 4 saturated carbocycles. The van der Waals surface area contributed by atoms with Crippen molar-refractivity contribution in [1.29, 1.82) is 0 Å². The van der Waals surface area contributed by atoms with Gasteiger partial charge in [0.1, 0.15) is 0 Å². The van der Waals surface area contributed by atoms with Crippen LogP contribution in [0.3, 0.4) is 0 Å². The molecule has 0 spiro atoms. The van der Waals surface area contributed by atoms with E-state index in [0.717, 1.165) is 30.1 Å². The summed E-state index contributed by atoms with van der Waals surface area (Å²) in [7, 11) is 0. The van der Waals surface area contributed by atoms with Crippen LogP contribution in [-0.4, -0.2) is 4.21 Å². The molecule has 0 N–H and O–H groups in total. The van der Waals surface area contributed by atoms with Crippen LogP contribution in [0, 0.1) is 48.9 Å². The Labute approximate surface area is 320 Å². The quantitative estimate of drug-likeness (QED) is 0.193. The number of fused-ring (bicyclic) bond motifs is 3. The molecule has 0 radical (unpaired) electrons. The first-order valence-corrected chi connectivity index (χ1v) is 24.6. The number of hydrogen-bond donors (Lipinski definition) is 0. The first kappa shape index (κ1) is 38.2. The van der Waals surface area contributed by atoms with Crippen LogP contribution in [0.25, 0.3) is 11.1 Å². The van der Waals surface area contributed by atoms with Crippen LogP contribution in [0.1, 0.15) is 121 Å². The molecule has 0 aromatic heterocycles. The van der Waals surface area contributed by atoms with Crippen LogP contribution in [0.2, 0.25) is 0 Å². The molecule has 6 aliphatic rings. The molecule has 50 heavy (non-hydrogen) atoms. The van der Waals surface area contributed by atoms with E-state index in [2.05, 4.69) is 130 Å². The van der Waals surface area contributed by atoms with E-state index < -0.39 is 19.8 Å². The maximum atomic E-state index is 5.64. The van der Waals surface area contributed by atoms with Gasteiger partial charge in [-0.05, 0) is 0 Å². The predicted octanol–water partition coefficient (Wildman–Crippen LogP) is 11.8. The Morgan fingerprint density at radius 2 is 1.32 bits per heavy atom. The molecule has 6 aliphatic carbocycles. The predicted molar refractivity (Wildman–Crippen MR) is 219 cm³/mol. The van der Waals surface area contributed by atoms with E-state index in [4.69, 9.17) is 4.21 Å². The Hall–Kier alpha value is -1.53. The van der Waals surface area contributed by atoms with E-state index in [9.17, 15) is 0 Å². The first-order chi connectivity index (χ1) is 22.5. The van der Waals surface area contributed by atoms with Crippen molar-refractivity contribution < 1.29 is 19.8 Å². The van der Waals surface area contributed by atoms with Gasteiger partial charge in [0.05, 0.1) is 0 Å². The van der Waals surface area contributed by atoms with Crippen molar-refractivity contribution >= 4 is 35.6 Å². The second-order valence-corrected chi connectivity index (χ2v) is 27.8. The summed E-state index contributed by atoms with van der Waals surface area (Å²) < 4.78 is 10.6. The van der Waals surface area contributed by atoms with Gasteiger partial charge in [-0.25, -0.2) is 0 Å². The van der Waals surface area contributed by atoms with Crippen LogP contribution in [0.5, 0.6) is 0 Å². The molecule has 2 unspecified atom stereocenters. The summed E-state index contributed by atoms with van der Waals surface area (Å²) in [6.07, 6.45) is 13.9. The van der Waals surface area contributed by atoms with Crippen molar-refractivity contribution in [3.63, 3.8) is 0 Å². The van der Waals surface area contributed by atoms with Gasteiger partial charge in [-0.15, -0.1) is 24.8 Å². The van der Waals surface area contributed by atoms with E-state index in [1.807, 2.05) is 0 Å². The molecule has 0 nitrogen and oxygen atoms in total. The Morgan fingerprint density at radius 3 is 1.88 bits per heavy atom. The molecule has 3 heteroatoms. The van der Waals surface area contributed by atoms with Crippen LogP contribution in [0.15, 0.2) is 69.5 Å². The zero-order chi connectivity index (χ0) is 34.1. The summed E-state index contributed by atoms with van der Waals surface area (Å²) in [5, 5.41) is 0. The fraction of sp³-hybridized carbons (Fsp3) is 0.511. The molecule has 0 amide bonds. The second-order valence-electron chi connectivity index (χ2n) is 19.3. The average molecular weight is 788 g/mol. The number of halogens is 2. The third-order valence-electron chi connectivity index (χ3n) is 14.3. The average Bonchev–Trinajstić information content (AvgIpc) is 3.57. The van der Waals surface area contributed by atoms with Crippen LogP contribution in [-0.2, 0) is 37.0 Å². The zero-order valence-electron chi connectivity index (χ0n) is 32.4. The van der Waals surface area contributed by atoms with Gasteiger partial charge in [-0.1, -0.05) is 0 Å². The Bertz CT molecular complexity index is 1920. The number of rotatable bonds is 4. The SMILES string of the molecule is Cl.Cl.[CH2]=[Zr]([C]1=CC(C2(C)C3CC4CC(C3)CC2C4)=CC1C)([c]1ccccc1)[c]1c(C)c(C(C)(C)C)cc2c1Cc1cc(C)c(C(C)(C)C)cc1-2. The molecule has 4 fully saturated rings. The van der Waals surface area contributed by atoms with E-state index in [0.29, 0.717) is 11.3 Å². The van der Waals surface area contributed by atoms with Crippen molar-refractivity contribution in [1.82, 2.24) is 0 Å². The minimum absolute atomic E-state index is 0. The fourth-order valence-corrected chi connectivity index (χ4v) is 23.1. The molecule has 267 valence electrons. The molecule has 4 bridgehead atoms. The van der Waals surface area contributed by atoms with Crippen molar-refractivity contribution in [3.8, 4) is 11.1 Å². The van der Waals surface area contributed by atoms with E-state index in [-0.39, 0.29) is 35.6 Å². The number of benzene rings is 3. The van der Waals surface area contributed by atoms with Gasteiger partial charge in [0.2, 0.25) is 0 Å². The summed E-state index contributed by atoms with van der Waals surface area (Å²) in [5.74, 6) is 4.15. The van der Waals surface area contributed by atoms with Crippen molar-refractivity contribution in [3.05, 3.63) is 103 Å². The Morgan fingerprint density at radius 1 is 0.760 bits per heavy atom. The molecule has 2 atom stereocenters. The molecule has 0 heterocycles. The van der Waals surface area contributed by atoms with Crippen LogP contribution in [0.4, 0.5) is 0 Å². The minimum atomic E-state index is -3.78. The van der Waals surface area contributed by atoms with Gasteiger partial charge >= 0.3 is 298 Å². The summed E-state index contributed by atoms with van der Waals surface area (Å²) in [4.78, 5) is 0. The number of aryl methyl sites for hydroxylation is 1. The molecular formula is C47H61Cl2Zr. The van der Waals surface area contributed by atoms with Gasteiger partial charge in [-0.3, -0.25) is 0 Å². The van der Waals surface area contributed by atoms with Crippen molar-refractivity contribution in [2.45, 2.75) is 119 Å². The number of hydrogen-bond acceptors (Lipinski definition) is 0. The monoisotopic (exact) mass is 785 g/mol. The van der Waals surface area contributed by atoms with Gasteiger partial charge in [0.15, 0.2) is 0 Å². The molecule has 3 aromatic rings. The van der Waals surface area contributed by atoms with Crippen molar-refractivity contribution in [2.24, 2.45) is 35.0 Å². The van der Waals surface area contributed by atoms with E-state index in [1.54, 1.807) is 17.7 Å². The molecule has 0 aliphatic heterocycles. The van der Waals surface area contributed by atoms with Gasteiger partial charge in [0.25, 0.3) is 0 Å². The van der Waals surface area contributed by atoms with E-state index in [1.165, 1.54) is 74.3 Å². The molecular weight excluding hydrogens is 727 g/mol. The molecule has 3 aromatic carbocycles. The molecule has 0 saturated heterocycles. The third kappa shape index (κ3) is 5.65. The fourth-order valence-electron chi connectivity index (χ4n) is 12.1. The third-order valence-corrected chi connectivity index (χ3v) is 25.2. The van der Waals surface area contributed by atoms with E-state index >= 15 is 0 Å². The second kappa shape index (κ2) is 12.8. The van der Waals surface area contributed by atoms with Crippen LogP contribution >= 0.6 is 24.8 Å². The number of allylic oxidation sites excluding steroid dienone is 4. The Balaban J connectivity index is 0.00000216. The topological polar surface area (TPSA) is 0 Å². The summed E-state index contributed by atoms with van der Waals surface area (Å²) in [6.45, 7) is 24.4. The summed E-state index contributed by atoms with van der Waals surface area (Å²) >= 11 is -3.78. The van der Waals surface area contributed by atoms with Crippen molar-refractivity contribution in [2.75, 3.05) is 0 Å². The first-order valence-electron chi connectivity index (χ1n) is 19.2. The summed E-state index contributed by atoms with van der Waals surface area (Å²) in [6, 6.07) is 19.4. The van der Waals surface area contributed by atoms with Crippen LogP contribution < -0.4 is 6.54 Å². The van der Waals surface area contributed by atoms with Gasteiger partial charge < -0.3 is 0 Å². The normalized spacial score (nSPS) is 29.0. The maximum absolute atomic E-state index is 5.64.